The van der Waals surface area contributed by atoms with Gasteiger partial charge in [-0.05, 0) is 141 Å². The van der Waals surface area contributed by atoms with Crippen LogP contribution in [0, 0.1) is 0 Å². The van der Waals surface area contributed by atoms with E-state index >= 15 is 0 Å². The van der Waals surface area contributed by atoms with E-state index in [-0.39, 0.29) is 0 Å². The highest BCUT2D eigenvalue weighted by molar-refractivity contribution is 6.16. The van der Waals surface area contributed by atoms with Crippen LogP contribution in [0.25, 0.3) is 110 Å². The molecule has 0 atom stereocenters. The lowest BCUT2D eigenvalue weighted by atomic mass is 10.0. The molecule has 15 aromatic rings. The molecule has 0 bridgehead atoms. The molecule has 0 saturated carbocycles. The van der Waals surface area contributed by atoms with Crippen molar-refractivity contribution in [2.45, 2.75) is 0 Å². The SMILES string of the molecule is c1ccc(-c2cccc(N(c3ccc4cc5oc6cc7ccc(N(c8cccc(-c9ccccc9)c8)c8cccc9c8oc8ccccc89)cc7cc6c5cc4c3)c3cccc4c3oc3ccccc34)c2)cc1. The Balaban J connectivity index is 0.893. The minimum absolute atomic E-state index is 0.841. The lowest BCUT2D eigenvalue weighted by Crippen LogP contribution is -2.10. The van der Waals surface area contributed by atoms with Crippen LogP contribution in [-0.2, 0) is 0 Å². The summed E-state index contributed by atoms with van der Waals surface area (Å²) in [6.45, 7) is 0. The third-order valence-corrected chi connectivity index (χ3v) is 14.5. The van der Waals surface area contributed by atoms with Gasteiger partial charge in [0.1, 0.15) is 22.3 Å². The van der Waals surface area contributed by atoms with Crippen molar-refractivity contribution in [3.05, 3.63) is 255 Å². The number of para-hydroxylation sites is 4. The van der Waals surface area contributed by atoms with E-state index in [1.165, 1.54) is 0 Å². The molecule has 0 radical (unpaired) electrons. The lowest BCUT2D eigenvalue weighted by molar-refractivity contribution is 0.668. The van der Waals surface area contributed by atoms with E-state index in [4.69, 9.17) is 13.3 Å². The Kier molecular flexibility index (Phi) is 9.19. The molecule has 0 N–H and O–H groups in total. The number of benzene rings is 12. The zero-order valence-electron chi connectivity index (χ0n) is 39.4. The molecule has 0 saturated heterocycles. The summed E-state index contributed by atoms with van der Waals surface area (Å²) >= 11 is 0. The van der Waals surface area contributed by atoms with Crippen LogP contribution in [0.3, 0.4) is 0 Å². The summed E-state index contributed by atoms with van der Waals surface area (Å²) in [4.78, 5) is 4.66. The van der Waals surface area contributed by atoms with Gasteiger partial charge in [0, 0.05) is 55.1 Å². The fraction of sp³-hybridized carbons (Fsp3) is 0. The van der Waals surface area contributed by atoms with Gasteiger partial charge in [0.2, 0.25) is 0 Å². The molecule has 5 nitrogen and oxygen atoms in total. The summed E-state index contributed by atoms with van der Waals surface area (Å²) in [6.07, 6.45) is 0. The number of hydrogen-bond donors (Lipinski definition) is 0. The second kappa shape index (κ2) is 16.4. The third-order valence-electron chi connectivity index (χ3n) is 14.5. The van der Waals surface area contributed by atoms with Crippen molar-refractivity contribution in [2.75, 3.05) is 9.80 Å². The van der Waals surface area contributed by atoms with E-state index in [0.29, 0.717) is 0 Å². The second-order valence-corrected chi connectivity index (χ2v) is 18.9. The maximum atomic E-state index is 6.72. The van der Waals surface area contributed by atoms with Gasteiger partial charge in [0.15, 0.2) is 11.2 Å². The van der Waals surface area contributed by atoms with Crippen molar-refractivity contribution < 1.29 is 13.3 Å². The van der Waals surface area contributed by atoms with Gasteiger partial charge in [0.05, 0.1) is 11.4 Å². The lowest BCUT2D eigenvalue weighted by Gasteiger charge is -2.26. The summed E-state index contributed by atoms with van der Waals surface area (Å²) in [6, 6.07) is 90.5. The summed E-state index contributed by atoms with van der Waals surface area (Å²) < 4.78 is 20.1. The fourth-order valence-electron chi connectivity index (χ4n) is 11.1. The van der Waals surface area contributed by atoms with Crippen LogP contribution >= 0.6 is 0 Å². The van der Waals surface area contributed by atoms with E-state index < -0.39 is 0 Å². The topological polar surface area (TPSA) is 45.9 Å². The van der Waals surface area contributed by atoms with Gasteiger partial charge in [-0.1, -0.05) is 158 Å². The fourth-order valence-corrected chi connectivity index (χ4v) is 11.1. The van der Waals surface area contributed by atoms with Crippen LogP contribution in [0.1, 0.15) is 0 Å². The van der Waals surface area contributed by atoms with E-state index in [1.54, 1.807) is 0 Å². The highest BCUT2D eigenvalue weighted by atomic mass is 16.3. The molecule has 3 aromatic heterocycles. The Hall–Kier alpha value is -9.84. The van der Waals surface area contributed by atoms with Gasteiger partial charge in [-0.3, -0.25) is 0 Å². The molecule has 12 aromatic carbocycles. The van der Waals surface area contributed by atoms with Crippen LogP contribution < -0.4 is 9.80 Å². The number of furan rings is 3. The molecule has 0 aliphatic heterocycles. The van der Waals surface area contributed by atoms with Crippen LogP contribution in [0.5, 0.6) is 0 Å². The van der Waals surface area contributed by atoms with Gasteiger partial charge in [-0.15, -0.1) is 0 Å². The largest absolute Gasteiger partial charge is 0.456 e. The van der Waals surface area contributed by atoms with E-state index in [0.717, 1.165) is 144 Å². The van der Waals surface area contributed by atoms with E-state index in [9.17, 15) is 0 Å². The zero-order chi connectivity index (χ0) is 48.0. The van der Waals surface area contributed by atoms with Crippen LogP contribution in [0.4, 0.5) is 34.1 Å². The first-order valence-electron chi connectivity index (χ1n) is 24.7. The predicted octanol–water partition coefficient (Wildman–Crippen LogP) is 20.0. The van der Waals surface area contributed by atoms with Crippen molar-refractivity contribution in [1.29, 1.82) is 0 Å². The van der Waals surface area contributed by atoms with Gasteiger partial charge < -0.3 is 23.1 Å². The highest BCUT2D eigenvalue weighted by Crippen LogP contribution is 2.47. The third kappa shape index (κ3) is 6.78. The van der Waals surface area contributed by atoms with Gasteiger partial charge in [0.25, 0.3) is 0 Å². The Morgan fingerprint density at radius 2 is 0.616 bits per heavy atom. The summed E-state index contributed by atoms with van der Waals surface area (Å²) in [5.74, 6) is 0. The van der Waals surface area contributed by atoms with Gasteiger partial charge in [-0.25, -0.2) is 0 Å². The highest BCUT2D eigenvalue weighted by Gasteiger charge is 2.23. The molecule has 0 fully saturated rings. The first-order valence-corrected chi connectivity index (χ1v) is 24.7. The van der Waals surface area contributed by atoms with Gasteiger partial charge in [-0.2, -0.15) is 0 Å². The Bertz CT molecular complexity index is 4350. The minimum Gasteiger partial charge on any atom is -0.456 e. The van der Waals surface area contributed by atoms with Crippen LogP contribution in [0.15, 0.2) is 268 Å². The monoisotopic (exact) mass is 934 g/mol. The van der Waals surface area contributed by atoms with E-state index in [1.807, 2.05) is 24.3 Å². The quantitative estimate of drug-likeness (QED) is 0.152. The Morgan fingerprint density at radius 3 is 1.10 bits per heavy atom. The molecule has 73 heavy (non-hydrogen) atoms. The summed E-state index contributed by atoms with van der Waals surface area (Å²) in [5.41, 5.74) is 15.7. The molecule has 0 amide bonds. The summed E-state index contributed by atoms with van der Waals surface area (Å²) in [5, 5.41) is 10.9. The standard InChI is InChI=1S/C68H42N2O3/c1-3-15-43(16-4-1)45-19-11-21-51(35-45)69(61-27-13-25-57-55-23-7-9-29-63(55)72-67(57)61)53-33-31-47-41-65-59(39-49(47)37-53)60-40-50-38-54(34-32-48(50)42-66(60)71-65)70(52-22-12-20-46(36-52)44-17-5-2-6-18-44)62-28-14-26-58-56-24-8-10-30-64(56)73-68(58)62/h1-42H. The van der Waals surface area contributed by atoms with Gasteiger partial charge >= 0.3 is 0 Å². The molecule has 0 unspecified atom stereocenters. The number of rotatable bonds is 8. The molecule has 0 aliphatic carbocycles. The molecule has 0 aliphatic rings. The maximum Gasteiger partial charge on any atom is 0.159 e. The number of hydrogen-bond acceptors (Lipinski definition) is 5. The zero-order valence-corrected chi connectivity index (χ0v) is 39.4. The normalized spacial score (nSPS) is 11.8. The molecule has 3 heterocycles. The average molecular weight is 935 g/mol. The molecule has 5 heteroatoms. The maximum absolute atomic E-state index is 6.72. The minimum atomic E-state index is 0.841. The second-order valence-electron chi connectivity index (χ2n) is 18.9. The van der Waals surface area contributed by atoms with Crippen molar-refractivity contribution in [2.24, 2.45) is 0 Å². The predicted molar refractivity (Wildman–Crippen MR) is 304 cm³/mol. The molecule has 0 spiro atoms. The number of nitrogens with zero attached hydrogens (tertiary/aromatic N) is 2. The average Bonchev–Trinajstić information content (AvgIpc) is 4.14. The van der Waals surface area contributed by atoms with Crippen molar-refractivity contribution >= 4 is 121 Å². The first kappa shape index (κ1) is 41.0. The first-order chi connectivity index (χ1) is 36.1. The molecular formula is C68H42N2O3. The van der Waals surface area contributed by atoms with Crippen LogP contribution in [-0.4, -0.2) is 0 Å². The summed E-state index contributed by atoms with van der Waals surface area (Å²) in [7, 11) is 0. The molecular weight excluding hydrogens is 893 g/mol. The number of fused-ring (bicyclic) bond motifs is 11. The van der Waals surface area contributed by atoms with E-state index in [2.05, 4.69) is 240 Å². The van der Waals surface area contributed by atoms with Crippen LogP contribution in [0.2, 0.25) is 0 Å². The Labute approximate surface area is 419 Å². The molecule has 342 valence electrons. The van der Waals surface area contributed by atoms with Crippen molar-refractivity contribution in [3.63, 3.8) is 0 Å². The smallest absolute Gasteiger partial charge is 0.159 e. The van der Waals surface area contributed by atoms with Crippen molar-refractivity contribution in [1.82, 2.24) is 0 Å². The van der Waals surface area contributed by atoms with Crippen molar-refractivity contribution in [3.8, 4) is 22.3 Å². The number of anilines is 6. The molecule has 15 rings (SSSR count). The Morgan fingerprint density at radius 1 is 0.219 bits per heavy atom.